The molecule has 20 heavy (non-hydrogen) atoms. The first-order valence-corrected chi connectivity index (χ1v) is 7.02. The number of nitrogens with zero attached hydrogens (tertiary/aromatic N) is 2. The molecule has 1 aromatic carbocycles. The van der Waals surface area contributed by atoms with Crippen LogP contribution in [-0.4, -0.2) is 11.5 Å². The van der Waals surface area contributed by atoms with Gasteiger partial charge in [0.05, 0.1) is 11.3 Å². The molecule has 2 aromatic rings. The molecule has 0 spiro atoms. The number of aryl methyl sites for hydroxylation is 1. The molecule has 0 atom stereocenters. The van der Waals surface area contributed by atoms with Gasteiger partial charge < -0.3 is 5.32 Å². The average Bonchev–Trinajstić information content (AvgIpc) is 2.49. The van der Waals surface area contributed by atoms with Gasteiger partial charge in [0.15, 0.2) is 0 Å². The van der Waals surface area contributed by atoms with Gasteiger partial charge in [0.2, 0.25) is 0 Å². The molecule has 0 amide bonds. The van der Waals surface area contributed by atoms with E-state index in [1.54, 1.807) is 0 Å². The van der Waals surface area contributed by atoms with Crippen LogP contribution in [0.1, 0.15) is 31.4 Å². The SMILES string of the molecule is CCCc1ccc(-c2ccc(C#N)c(NCC)n2)cc1. The summed E-state index contributed by atoms with van der Waals surface area (Å²) in [6.45, 7) is 4.92. The van der Waals surface area contributed by atoms with E-state index >= 15 is 0 Å². The summed E-state index contributed by atoms with van der Waals surface area (Å²) < 4.78 is 0. The fourth-order valence-corrected chi connectivity index (χ4v) is 2.14. The molecule has 3 heteroatoms. The van der Waals surface area contributed by atoms with E-state index in [2.05, 4.69) is 47.6 Å². The van der Waals surface area contributed by atoms with Crippen molar-refractivity contribution in [1.29, 1.82) is 5.26 Å². The second kappa shape index (κ2) is 6.72. The van der Waals surface area contributed by atoms with Gasteiger partial charge in [-0.2, -0.15) is 5.26 Å². The molecule has 2 rings (SSSR count). The number of benzene rings is 1. The molecule has 0 unspecified atom stereocenters. The lowest BCUT2D eigenvalue weighted by atomic mass is 10.1. The van der Waals surface area contributed by atoms with Crippen LogP contribution >= 0.6 is 0 Å². The van der Waals surface area contributed by atoms with Crippen molar-refractivity contribution in [3.05, 3.63) is 47.5 Å². The molecule has 1 N–H and O–H groups in total. The zero-order valence-electron chi connectivity index (χ0n) is 12.0. The summed E-state index contributed by atoms with van der Waals surface area (Å²) in [5, 5.41) is 12.2. The minimum atomic E-state index is 0.582. The number of hydrogen-bond donors (Lipinski definition) is 1. The Kier molecular flexibility index (Phi) is 4.73. The van der Waals surface area contributed by atoms with Gasteiger partial charge in [-0.15, -0.1) is 0 Å². The predicted octanol–water partition coefficient (Wildman–Crippen LogP) is 4.00. The monoisotopic (exact) mass is 265 g/mol. The van der Waals surface area contributed by atoms with Crippen molar-refractivity contribution < 1.29 is 0 Å². The minimum absolute atomic E-state index is 0.582. The fraction of sp³-hybridized carbons (Fsp3) is 0.294. The van der Waals surface area contributed by atoms with Gasteiger partial charge in [-0.1, -0.05) is 37.6 Å². The molecule has 1 aromatic heterocycles. The smallest absolute Gasteiger partial charge is 0.144 e. The van der Waals surface area contributed by atoms with Gasteiger partial charge >= 0.3 is 0 Å². The average molecular weight is 265 g/mol. The first-order chi connectivity index (χ1) is 9.78. The van der Waals surface area contributed by atoms with Crippen LogP contribution in [0.4, 0.5) is 5.82 Å². The molecule has 0 saturated carbocycles. The largest absolute Gasteiger partial charge is 0.369 e. The van der Waals surface area contributed by atoms with Crippen LogP contribution in [0.25, 0.3) is 11.3 Å². The minimum Gasteiger partial charge on any atom is -0.369 e. The molecular weight excluding hydrogens is 246 g/mol. The zero-order chi connectivity index (χ0) is 14.4. The Hall–Kier alpha value is -2.34. The van der Waals surface area contributed by atoms with Crippen LogP contribution in [0, 0.1) is 11.3 Å². The Labute approximate surface area is 120 Å². The number of nitrogens with one attached hydrogen (secondary N) is 1. The second-order valence-electron chi connectivity index (χ2n) is 4.68. The molecule has 3 nitrogen and oxygen atoms in total. The van der Waals surface area contributed by atoms with Crippen LogP contribution in [0.3, 0.4) is 0 Å². The van der Waals surface area contributed by atoms with Gasteiger partial charge in [0, 0.05) is 12.1 Å². The van der Waals surface area contributed by atoms with Crippen molar-refractivity contribution in [2.24, 2.45) is 0 Å². The van der Waals surface area contributed by atoms with E-state index in [-0.39, 0.29) is 0 Å². The Bertz CT molecular complexity index is 609. The molecular formula is C17H19N3. The normalized spacial score (nSPS) is 10.1. The maximum Gasteiger partial charge on any atom is 0.144 e. The lowest BCUT2D eigenvalue weighted by Gasteiger charge is -2.08. The lowest BCUT2D eigenvalue weighted by molar-refractivity contribution is 0.922. The maximum absolute atomic E-state index is 9.07. The summed E-state index contributed by atoms with van der Waals surface area (Å²) in [6, 6.07) is 14.4. The second-order valence-corrected chi connectivity index (χ2v) is 4.68. The molecule has 0 fully saturated rings. The highest BCUT2D eigenvalue weighted by atomic mass is 15.0. The van der Waals surface area contributed by atoms with Crippen LogP contribution in [0.5, 0.6) is 0 Å². The summed E-state index contributed by atoms with van der Waals surface area (Å²) >= 11 is 0. The molecule has 0 saturated heterocycles. The van der Waals surface area contributed by atoms with Crippen LogP contribution in [0.15, 0.2) is 36.4 Å². The topological polar surface area (TPSA) is 48.7 Å². The molecule has 102 valence electrons. The summed E-state index contributed by atoms with van der Waals surface area (Å²) in [5.41, 5.74) is 3.89. The molecule has 0 aliphatic carbocycles. The first kappa shape index (κ1) is 14.1. The number of anilines is 1. The van der Waals surface area contributed by atoms with Gasteiger partial charge in [-0.05, 0) is 31.0 Å². The molecule has 0 aliphatic rings. The quantitative estimate of drug-likeness (QED) is 0.888. The fourth-order valence-electron chi connectivity index (χ4n) is 2.14. The summed E-state index contributed by atoms with van der Waals surface area (Å²) in [4.78, 5) is 4.55. The number of hydrogen-bond acceptors (Lipinski definition) is 3. The highest BCUT2D eigenvalue weighted by Crippen LogP contribution is 2.22. The number of nitriles is 1. The van der Waals surface area contributed by atoms with Crippen LogP contribution in [0.2, 0.25) is 0 Å². The molecule has 0 aliphatic heterocycles. The molecule has 1 heterocycles. The third-order valence-corrected chi connectivity index (χ3v) is 3.15. The lowest BCUT2D eigenvalue weighted by Crippen LogP contribution is -2.02. The van der Waals surface area contributed by atoms with E-state index < -0.39 is 0 Å². The summed E-state index contributed by atoms with van der Waals surface area (Å²) in [5.74, 6) is 0.658. The van der Waals surface area contributed by atoms with Crippen molar-refractivity contribution >= 4 is 5.82 Å². The summed E-state index contributed by atoms with van der Waals surface area (Å²) in [7, 11) is 0. The summed E-state index contributed by atoms with van der Waals surface area (Å²) in [6.07, 6.45) is 2.25. The number of aromatic nitrogens is 1. The number of rotatable bonds is 5. The standard InChI is InChI=1S/C17H19N3/c1-3-5-13-6-8-14(9-7-13)16-11-10-15(12-18)17(20-16)19-4-2/h6-11H,3-5H2,1-2H3,(H,19,20). The first-order valence-electron chi connectivity index (χ1n) is 7.02. The third kappa shape index (κ3) is 3.16. The van der Waals surface area contributed by atoms with Crippen LogP contribution < -0.4 is 5.32 Å². The van der Waals surface area contributed by atoms with Gasteiger partial charge in [0.1, 0.15) is 11.9 Å². The predicted molar refractivity (Wildman–Crippen MR) is 82.5 cm³/mol. The molecule has 0 bridgehead atoms. The molecule has 0 radical (unpaired) electrons. The Morgan fingerprint density at radius 1 is 1.10 bits per heavy atom. The highest BCUT2D eigenvalue weighted by molar-refractivity contribution is 5.65. The van der Waals surface area contributed by atoms with Crippen molar-refractivity contribution in [1.82, 2.24) is 4.98 Å². The van der Waals surface area contributed by atoms with E-state index in [0.29, 0.717) is 11.4 Å². The Morgan fingerprint density at radius 2 is 1.85 bits per heavy atom. The van der Waals surface area contributed by atoms with E-state index in [4.69, 9.17) is 5.26 Å². The van der Waals surface area contributed by atoms with E-state index in [9.17, 15) is 0 Å². The maximum atomic E-state index is 9.07. The van der Waals surface area contributed by atoms with E-state index in [0.717, 1.165) is 30.6 Å². The zero-order valence-corrected chi connectivity index (χ0v) is 12.0. The van der Waals surface area contributed by atoms with Gasteiger partial charge in [-0.3, -0.25) is 0 Å². The third-order valence-electron chi connectivity index (χ3n) is 3.15. The van der Waals surface area contributed by atoms with Gasteiger partial charge in [0.25, 0.3) is 0 Å². The van der Waals surface area contributed by atoms with Crippen LogP contribution in [-0.2, 0) is 6.42 Å². The van der Waals surface area contributed by atoms with Crippen molar-refractivity contribution in [3.63, 3.8) is 0 Å². The van der Waals surface area contributed by atoms with Gasteiger partial charge in [-0.25, -0.2) is 4.98 Å². The Balaban J connectivity index is 2.32. The Morgan fingerprint density at radius 3 is 2.45 bits per heavy atom. The van der Waals surface area contributed by atoms with Crippen molar-refractivity contribution in [2.75, 3.05) is 11.9 Å². The van der Waals surface area contributed by atoms with E-state index in [1.165, 1.54) is 5.56 Å². The van der Waals surface area contributed by atoms with Crippen molar-refractivity contribution in [2.45, 2.75) is 26.7 Å². The van der Waals surface area contributed by atoms with E-state index in [1.807, 2.05) is 19.1 Å². The number of pyridine rings is 1. The van der Waals surface area contributed by atoms with Crippen molar-refractivity contribution in [3.8, 4) is 17.3 Å². The highest BCUT2D eigenvalue weighted by Gasteiger charge is 2.06.